The minimum atomic E-state index is -4.91. The summed E-state index contributed by atoms with van der Waals surface area (Å²) in [6.45, 7) is 2.30. The third-order valence-electron chi connectivity index (χ3n) is 5.28. The Balaban J connectivity index is 1.80. The van der Waals surface area contributed by atoms with E-state index in [9.17, 15) is 36.8 Å². The molecule has 0 radical (unpaired) electrons. The predicted octanol–water partition coefficient (Wildman–Crippen LogP) is 2.05. The van der Waals surface area contributed by atoms with Gasteiger partial charge in [-0.3, -0.25) is 10.1 Å². The highest BCUT2D eigenvalue weighted by molar-refractivity contribution is 7.89. The number of hydrogen-bond donors (Lipinski definition) is 1. The molecule has 2 heterocycles. The van der Waals surface area contributed by atoms with Crippen molar-refractivity contribution in [2.45, 2.75) is 36.6 Å². The molecule has 1 aliphatic rings. The topological polar surface area (TPSA) is 130 Å². The van der Waals surface area contributed by atoms with Crippen LogP contribution in [-0.4, -0.2) is 64.6 Å². The number of para-hydroxylation sites is 1. The lowest BCUT2D eigenvalue weighted by Crippen LogP contribution is -2.54. The van der Waals surface area contributed by atoms with E-state index in [0.29, 0.717) is 6.92 Å². The van der Waals surface area contributed by atoms with Gasteiger partial charge in [0.15, 0.2) is 10.5 Å². The summed E-state index contributed by atoms with van der Waals surface area (Å²) in [4.78, 5) is 19.5. The van der Waals surface area contributed by atoms with E-state index in [1.165, 1.54) is 18.2 Å². The van der Waals surface area contributed by atoms with Crippen LogP contribution in [-0.2, 0) is 15.6 Å². The lowest BCUT2D eigenvalue weighted by atomic mass is 9.99. The first kappa shape index (κ1) is 23.8. The number of anilines is 1. The fraction of sp³-hybridized carbons (Fsp3) is 0.444. The van der Waals surface area contributed by atoms with Gasteiger partial charge in [0, 0.05) is 49.7 Å². The summed E-state index contributed by atoms with van der Waals surface area (Å²) >= 11 is 0. The molecule has 1 aromatic heterocycles. The maximum atomic E-state index is 13.0. The van der Waals surface area contributed by atoms with Crippen LogP contribution in [0.3, 0.4) is 0 Å². The highest BCUT2D eigenvalue weighted by Crippen LogP contribution is 2.38. The van der Waals surface area contributed by atoms with Gasteiger partial charge >= 0.3 is 6.18 Å². The number of nitro groups is 1. The van der Waals surface area contributed by atoms with Crippen molar-refractivity contribution in [2.24, 2.45) is 0 Å². The summed E-state index contributed by atoms with van der Waals surface area (Å²) in [6, 6.07) is 4.56. The third-order valence-corrected chi connectivity index (χ3v) is 7.19. The Labute approximate surface area is 181 Å². The molecule has 174 valence electrons. The summed E-state index contributed by atoms with van der Waals surface area (Å²) in [5, 5.41) is 21.0. The Morgan fingerprint density at radius 1 is 1.19 bits per heavy atom. The Kier molecular flexibility index (Phi) is 6.14. The van der Waals surface area contributed by atoms with Gasteiger partial charge in [-0.15, -0.1) is 0 Å². The van der Waals surface area contributed by atoms with Crippen LogP contribution in [0.15, 0.2) is 41.6 Å². The number of halogens is 3. The number of aliphatic hydroxyl groups is 1. The molecule has 2 atom stereocenters. The predicted molar refractivity (Wildman–Crippen MR) is 106 cm³/mol. The van der Waals surface area contributed by atoms with Crippen LogP contribution in [0.2, 0.25) is 0 Å². The van der Waals surface area contributed by atoms with Gasteiger partial charge < -0.3 is 10.0 Å². The number of alkyl halides is 3. The average Bonchev–Trinajstić information content (AvgIpc) is 2.73. The number of benzene rings is 1. The van der Waals surface area contributed by atoms with Crippen LogP contribution in [0.4, 0.5) is 24.8 Å². The minimum Gasteiger partial charge on any atom is -0.376 e. The van der Waals surface area contributed by atoms with Crippen molar-refractivity contribution in [3.05, 3.63) is 52.3 Å². The van der Waals surface area contributed by atoms with E-state index in [2.05, 4.69) is 9.97 Å². The first-order chi connectivity index (χ1) is 14.8. The highest BCUT2D eigenvalue weighted by Gasteiger charge is 2.51. The number of rotatable bonds is 5. The maximum Gasteiger partial charge on any atom is 0.421 e. The summed E-state index contributed by atoms with van der Waals surface area (Å²) in [5.41, 5.74) is -4.17. The summed E-state index contributed by atoms with van der Waals surface area (Å²) in [5.74, 6) is 0.0713. The lowest BCUT2D eigenvalue weighted by molar-refractivity contribution is -0.387. The van der Waals surface area contributed by atoms with E-state index < -0.39 is 48.9 Å². The largest absolute Gasteiger partial charge is 0.421 e. The van der Waals surface area contributed by atoms with Crippen molar-refractivity contribution < 1.29 is 31.6 Å². The standard InChI is InChI=1S/C18H20F3N5O5S/c1-12-11-24(32(30,31)15-6-4-3-5-14(15)26(28)29)7-8-25(12)16-22-9-13(10-23-16)17(2,27)18(19,20)21/h3-6,9-10,12,27H,7-8,11H2,1-2H3/t12-,17?/m0/s1. The molecule has 0 saturated carbocycles. The number of piperazine rings is 1. The Bertz CT molecular complexity index is 1110. The first-order valence-corrected chi connectivity index (χ1v) is 10.8. The second-order valence-corrected chi connectivity index (χ2v) is 9.38. The summed E-state index contributed by atoms with van der Waals surface area (Å²) in [6.07, 6.45) is -3.16. The summed E-state index contributed by atoms with van der Waals surface area (Å²) < 4.78 is 66.1. The molecule has 10 nitrogen and oxygen atoms in total. The average molecular weight is 475 g/mol. The SMILES string of the molecule is C[C@H]1CN(S(=O)(=O)c2ccccc2[N+](=O)[O-])CCN1c1ncc(C(C)(O)C(F)(F)F)cn1. The van der Waals surface area contributed by atoms with Crippen molar-refractivity contribution in [1.29, 1.82) is 0 Å². The molecule has 1 saturated heterocycles. The molecule has 3 rings (SSSR count). The number of aromatic nitrogens is 2. The molecule has 0 aliphatic carbocycles. The van der Waals surface area contributed by atoms with Gasteiger partial charge in [-0.25, -0.2) is 18.4 Å². The van der Waals surface area contributed by atoms with E-state index in [4.69, 9.17) is 0 Å². The minimum absolute atomic E-state index is 0.0376. The zero-order chi connectivity index (χ0) is 23.9. The van der Waals surface area contributed by atoms with Gasteiger partial charge in [-0.2, -0.15) is 17.5 Å². The van der Waals surface area contributed by atoms with E-state index in [0.717, 1.165) is 22.8 Å². The van der Waals surface area contributed by atoms with E-state index >= 15 is 0 Å². The normalized spacial score (nSPS) is 20.1. The van der Waals surface area contributed by atoms with E-state index in [1.807, 2.05) is 0 Å². The molecule has 1 fully saturated rings. The first-order valence-electron chi connectivity index (χ1n) is 9.38. The smallest absolute Gasteiger partial charge is 0.376 e. The lowest BCUT2D eigenvalue weighted by Gasteiger charge is -2.39. The quantitative estimate of drug-likeness (QED) is 0.514. The van der Waals surface area contributed by atoms with Gasteiger partial charge in [-0.05, 0) is 19.9 Å². The van der Waals surface area contributed by atoms with Crippen LogP contribution >= 0.6 is 0 Å². The van der Waals surface area contributed by atoms with Crippen molar-refractivity contribution in [1.82, 2.24) is 14.3 Å². The highest BCUT2D eigenvalue weighted by atomic mass is 32.2. The van der Waals surface area contributed by atoms with Gasteiger partial charge in [0.1, 0.15) is 0 Å². The molecule has 1 aromatic carbocycles. The van der Waals surface area contributed by atoms with Crippen molar-refractivity contribution in [2.75, 3.05) is 24.5 Å². The Morgan fingerprint density at radius 2 is 1.78 bits per heavy atom. The fourth-order valence-corrected chi connectivity index (χ4v) is 4.96. The van der Waals surface area contributed by atoms with Crippen molar-refractivity contribution in [3.63, 3.8) is 0 Å². The number of sulfonamides is 1. The molecule has 0 amide bonds. The van der Waals surface area contributed by atoms with Crippen LogP contribution in [0.1, 0.15) is 19.4 Å². The second kappa shape index (κ2) is 8.26. The van der Waals surface area contributed by atoms with Gasteiger partial charge in [0.2, 0.25) is 16.0 Å². The van der Waals surface area contributed by atoms with E-state index in [1.54, 1.807) is 11.8 Å². The number of nitrogens with zero attached hydrogens (tertiary/aromatic N) is 5. The Hall–Kier alpha value is -2.84. The molecule has 0 bridgehead atoms. The molecular formula is C18H20F3N5O5S. The molecule has 14 heteroatoms. The molecule has 1 N–H and O–H groups in total. The molecular weight excluding hydrogens is 455 g/mol. The summed E-state index contributed by atoms with van der Waals surface area (Å²) in [7, 11) is -4.15. The van der Waals surface area contributed by atoms with Gasteiger partial charge in [0.05, 0.1) is 4.92 Å². The van der Waals surface area contributed by atoms with Gasteiger partial charge in [0.25, 0.3) is 5.69 Å². The number of hydrogen-bond acceptors (Lipinski definition) is 8. The van der Waals surface area contributed by atoms with Crippen LogP contribution in [0.5, 0.6) is 0 Å². The van der Waals surface area contributed by atoms with E-state index in [-0.39, 0.29) is 25.6 Å². The molecule has 32 heavy (non-hydrogen) atoms. The van der Waals surface area contributed by atoms with Crippen LogP contribution in [0.25, 0.3) is 0 Å². The zero-order valence-electron chi connectivity index (χ0n) is 17.0. The third kappa shape index (κ3) is 4.25. The van der Waals surface area contributed by atoms with Crippen LogP contribution in [0, 0.1) is 10.1 Å². The number of nitro benzene ring substituents is 1. The van der Waals surface area contributed by atoms with Crippen molar-refractivity contribution >= 4 is 21.7 Å². The maximum absolute atomic E-state index is 13.0. The van der Waals surface area contributed by atoms with Crippen molar-refractivity contribution in [3.8, 4) is 0 Å². The second-order valence-electron chi connectivity index (χ2n) is 7.47. The monoisotopic (exact) mass is 475 g/mol. The fourth-order valence-electron chi connectivity index (χ4n) is 3.29. The zero-order valence-corrected chi connectivity index (χ0v) is 17.8. The molecule has 1 unspecified atom stereocenters. The molecule has 0 spiro atoms. The van der Waals surface area contributed by atoms with Gasteiger partial charge in [-0.1, -0.05) is 12.1 Å². The van der Waals surface area contributed by atoms with Crippen LogP contribution < -0.4 is 4.90 Å². The molecule has 2 aromatic rings. The Morgan fingerprint density at radius 3 is 2.31 bits per heavy atom. The molecule has 1 aliphatic heterocycles.